The Morgan fingerprint density at radius 2 is 1.69 bits per heavy atom. The monoisotopic (exact) mass is 235 g/mol. The van der Waals surface area contributed by atoms with E-state index in [1.54, 1.807) is 0 Å². The zero-order valence-corrected chi connectivity index (χ0v) is 12.0. The van der Waals surface area contributed by atoms with E-state index in [2.05, 4.69) is 20.8 Å². The van der Waals surface area contributed by atoms with Gasteiger partial charge in [-0.1, -0.05) is 33.6 Å². The van der Waals surface area contributed by atoms with E-state index in [0.29, 0.717) is 5.41 Å². The molecule has 0 aliphatic rings. The van der Waals surface area contributed by atoms with Crippen LogP contribution in [0.5, 0.6) is 0 Å². The molecule has 0 aliphatic heterocycles. The zero-order chi connectivity index (χ0) is 9.61. The molecule has 2 nitrogen and oxygen atoms in total. The molecular weight excluding hydrogens is 217 g/mol. The Morgan fingerprint density at radius 1 is 1.15 bits per heavy atom. The summed E-state index contributed by atoms with van der Waals surface area (Å²) in [4.78, 5) is 10.0. The minimum atomic E-state index is -0.925. The first-order valence-electron chi connectivity index (χ1n) is 4.62. The van der Waals surface area contributed by atoms with Crippen LogP contribution in [0.3, 0.4) is 0 Å². The molecule has 0 saturated heterocycles. The van der Waals surface area contributed by atoms with E-state index in [-0.39, 0.29) is 25.9 Å². The first kappa shape index (κ1) is 15.6. The number of rotatable bonds is 5. The van der Waals surface area contributed by atoms with Crippen LogP contribution in [0.1, 0.15) is 52.9 Å². The Balaban J connectivity index is 0. The maximum Gasteiger partial charge on any atom is 0.0414 e. The summed E-state index contributed by atoms with van der Waals surface area (Å²) in [5, 5.41) is 10.0. The second-order valence-electron chi connectivity index (χ2n) is 4.49. The molecule has 0 heterocycles. The van der Waals surface area contributed by atoms with Gasteiger partial charge in [-0.3, -0.25) is 0 Å². The Kier molecular flexibility index (Phi) is 8.97. The van der Waals surface area contributed by atoms with Crippen molar-refractivity contribution in [1.29, 1.82) is 0 Å². The van der Waals surface area contributed by atoms with Gasteiger partial charge >= 0.3 is 0 Å². The Hall–Kier alpha value is 0.0934. The van der Waals surface area contributed by atoms with Crippen LogP contribution in [0.25, 0.3) is 0 Å². The standard InChI is InChI=1S/C10H20O2.Zn/c1-10(2,3)8-6-4-5-7-9(11)12;/h4-8H2,1-3H3,(H,11,12);/p-1. The molecule has 3 heteroatoms. The summed E-state index contributed by atoms with van der Waals surface area (Å²) in [5.41, 5.74) is 0.376. The number of carboxylic acid groups (broad SMARTS) is 1. The third kappa shape index (κ3) is 14.9. The van der Waals surface area contributed by atoms with Gasteiger partial charge in [0.1, 0.15) is 0 Å². The molecule has 0 N–H and O–H groups in total. The predicted octanol–water partition coefficient (Wildman–Crippen LogP) is 1.73. The van der Waals surface area contributed by atoms with E-state index >= 15 is 0 Å². The van der Waals surface area contributed by atoms with Crippen molar-refractivity contribution in [2.24, 2.45) is 5.41 Å². The maximum atomic E-state index is 10.0. The summed E-state index contributed by atoms with van der Waals surface area (Å²) in [6.07, 6.45) is 4.27. The Bertz CT molecular complexity index is 138. The molecule has 0 unspecified atom stereocenters. The van der Waals surface area contributed by atoms with Crippen molar-refractivity contribution in [3.05, 3.63) is 0 Å². The van der Waals surface area contributed by atoms with Crippen molar-refractivity contribution >= 4 is 5.97 Å². The third-order valence-electron chi connectivity index (χ3n) is 1.81. The van der Waals surface area contributed by atoms with Gasteiger partial charge in [-0.05, 0) is 24.7 Å². The van der Waals surface area contributed by atoms with Crippen molar-refractivity contribution < 1.29 is 29.4 Å². The average molecular weight is 237 g/mol. The second kappa shape index (κ2) is 7.49. The molecule has 13 heavy (non-hydrogen) atoms. The Morgan fingerprint density at radius 3 is 2.08 bits per heavy atom. The van der Waals surface area contributed by atoms with E-state index in [9.17, 15) is 9.90 Å². The first-order valence-corrected chi connectivity index (χ1v) is 4.62. The number of carboxylic acids is 1. The smallest absolute Gasteiger partial charge is 0.0414 e. The largest absolute Gasteiger partial charge is 0.550 e. The van der Waals surface area contributed by atoms with Crippen molar-refractivity contribution in [3.63, 3.8) is 0 Å². The first-order chi connectivity index (χ1) is 5.42. The number of carbonyl (C=O) groups is 1. The fourth-order valence-corrected chi connectivity index (χ4v) is 1.10. The summed E-state index contributed by atoms with van der Waals surface area (Å²) in [7, 11) is 0. The number of carbonyl (C=O) groups excluding carboxylic acids is 1. The van der Waals surface area contributed by atoms with E-state index in [4.69, 9.17) is 0 Å². The van der Waals surface area contributed by atoms with Gasteiger partial charge in [0, 0.05) is 25.4 Å². The van der Waals surface area contributed by atoms with Gasteiger partial charge in [0.05, 0.1) is 0 Å². The molecule has 0 atom stereocenters. The van der Waals surface area contributed by atoms with Gasteiger partial charge < -0.3 is 9.90 Å². The van der Waals surface area contributed by atoms with Crippen molar-refractivity contribution in [3.8, 4) is 0 Å². The molecule has 0 saturated carbocycles. The van der Waals surface area contributed by atoms with Gasteiger partial charge in [-0.2, -0.15) is 0 Å². The van der Waals surface area contributed by atoms with E-state index in [1.165, 1.54) is 6.42 Å². The average Bonchev–Trinajstić information content (AvgIpc) is 1.83. The SMILES string of the molecule is CC(C)(C)CCCCCC(=O)[O-].[Zn]. The predicted molar refractivity (Wildman–Crippen MR) is 47.5 cm³/mol. The van der Waals surface area contributed by atoms with E-state index < -0.39 is 5.97 Å². The Labute approximate surface area is 93.9 Å². The van der Waals surface area contributed by atoms with E-state index in [1.807, 2.05) is 0 Å². The molecule has 0 aromatic rings. The van der Waals surface area contributed by atoms with Crippen molar-refractivity contribution in [2.45, 2.75) is 52.9 Å². The van der Waals surface area contributed by atoms with Gasteiger partial charge in [0.25, 0.3) is 0 Å². The summed E-state index contributed by atoms with van der Waals surface area (Å²) < 4.78 is 0. The molecule has 0 aliphatic carbocycles. The van der Waals surface area contributed by atoms with Crippen LogP contribution in [0.2, 0.25) is 0 Å². The quantitative estimate of drug-likeness (QED) is 0.539. The molecule has 0 amide bonds. The van der Waals surface area contributed by atoms with Crippen LogP contribution in [0, 0.1) is 5.41 Å². The van der Waals surface area contributed by atoms with Crippen molar-refractivity contribution in [2.75, 3.05) is 0 Å². The molecule has 0 rings (SSSR count). The van der Waals surface area contributed by atoms with Crippen LogP contribution < -0.4 is 5.11 Å². The number of unbranched alkanes of at least 4 members (excludes halogenated alkanes) is 2. The van der Waals surface area contributed by atoms with Gasteiger partial charge in [-0.25, -0.2) is 0 Å². The number of hydrogen-bond donors (Lipinski definition) is 0. The number of hydrogen-bond acceptors (Lipinski definition) is 2. The fourth-order valence-electron chi connectivity index (χ4n) is 1.10. The molecule has 0 bridgehead atoms. The normalized spacial score (nSPS) is 10.7. The van der Waals surface area contributed by atoms with Crippen LogP contribution in [0.4, 0.5) is 0 Å². The van der Waals surface area contributed by atoms with E-state index in [0.717, 1.165) is 19.3 Å². The zero-order valence-electron chi connectivity index (χ0n) is 9.06. The summed E-state index contributed by atoms with van der Waals surface area (Å²) in [6.45, 7) is 6.60. The molecule has 0 aromatic heterocycles. The molecular formula is C10H19O2Zn-. The van der Waals surface area contributed by atoms with Crippen LogP contribution >= 0.6 is 0 Å². The van der Waals surface area contributed by atoms with Gasteiger partial charge in [-0.15, -0.1) is 0 Å². The van der Waals surface area contributed by atoms with Crippen LogP contribution in [0.15, 0.2) is 0 Å². The van der Waals surface area contributed by atoms with Crippen LogP contribution in [-0.4, -0.2) is 5.97 Å². The number of aliphatic carboxylic acids is 1. The molecule has 0 fully saturated rings. The minimum absolute atomic E-state index is 0. The third-order valence-corrected chi connectivity index (χ3v) is 1.81. The second-order valence-corrected chi connectivity index (χ2v) is 4.49. The van der Waals surface area contributed by atoms with Gasteiger partial charge in [0.2, 0.25) is 0 Å². The van der Waals surface area contributed by atoms with Gasteiger partial charge in [0.15, 0.2) is 0 Å². The minimum Gasteiger partial charge on any atom is -0.550 e. The summed E-state index contributed by atoms with van der Waals surface area (Å²) in [6, 6.07) is 0. The summed E-state index contributed by atoms with van der Waals surface area (Å²) >= 11 is 0. The molecule has 0 spiro atoms. The molecule has 0 aromatic carbocycles. The maximum absolute atomic E-state index is 10.0. The fraction of sp³-hybridized carbons (Fsp3) is 0.900. The molecule has 74 valence electrons. The van der Waals surface area contributed by atoms with Crippen molar-refractivity contribution in [1.82, 2.24) is 0 Å². The van der Waals surface area contributed by atoms with Crippen LogP contribution in [-0.2, 0) is 24.3 Å². The molecule has 0 radical (unpaired) electrons. The summed E-state index contributed by atoms with van der Waals surface area (Å²) in [5.74, 6) is -0.925. The topological polar surface area (TPSA) is 40.1 Å².